The van der Waals surface area contributed by atoms with Crippen molar-refractivity contribution in [2.75, 3.05) is 19.6 Å². The Morgan fingerprint density at radius 2 is 2.32 bits per heavy atom. The molecule has 4 nitrogen and oxygen atoms in total. The van der Waals surface area contributed by atoms with E-state index >= 15 is 0 Å². The number of hydrogen-bond donors (Lipinski definition) is 1. The summed E-state index contributed by atoms with van der Waals surface area (Å²) in [5, 5.41) is 6.46. The summed E-state index contributed by atoms with van der Waals surface area (Å²) in [6, 6.07) is 0.225. The van der Waals surface area contributed by atoms with Gasteiger partial charge in [0, 0.05) is 24.7 Å². The molecule has 0 radical (unpaired) electrons. The Kier molecular flexibility index (Phi) is 4.13. The van der Waals surface area contributed by atoms with Gasteiger partial charge in [-0.2, -0.15) is 0 Å². The number of rotatable bonds is 2. The average Bonchev–Trinajstić information content (AvgIpc) is 3.01. The van der Waals surface area contributed by atoms with Gasteiger partial charge in [-0.05, 0) is 38.6 Å². The van der Waals surface area contributed by atoms with E-state index in [4.69, 9.17) is 0 Å². The first-order valence-corrected chi connectivity index (χ1v) is 8.15. The molecule has 5 heteroatoms. The molecule has 0 spiro atoms. The average molecular weight is 279 g/mol. The van der Waals surface area contributed by atoms with Gasteiger partial charge in [0.15, 0.2) is 0 Å². The zero-order valence-electron chi connectivity index (χ0n) is 11.2. The first kappa shape index (κ1) is 13.1. The summed E-state index contributed by atoms with van der Waals surface area (Å²) >= 11 is 1.68. The van der Waals surface area contributed by atoms with Crippen LogP contribution in [0.15, 0.2) is 11.6 Å². The summed E-state index contributed by atoms with van der Waals surface area (Å²) in [7, 11) is 0. The Morgan fingerprint density at radius 3 is 3.05 bits per heavy atom. The second-order valence-corrected chi connectivity index (χ2v) is 6.38. The highest BCUT2D eigenvalue weighted by Gasteiger charge is 2.33. The van der Waals surface area contributed by atoms with E-state index in [1.807, 2.05) is 11.6 Å². The van der Waals surface area contributed by atoms with E-state index in [1.165, 1.54) is 6.42 Å². The summed E-state index contributed by atoms with van der Waals surface area (Å²) in [6.07, 6.45) is 7.41. The maximum atomic E-state index is 12.7. The predicted molar refractivity (Wildman–Crippen MR) is 76.0 cm³/mol. The van der Waals surface area contributed by atoms with Crippen LogP contribution >= 0.6 is 11.3 Å². The summed E-state index contributed by atoms with van der Waals surface area (Å²) in [5.74, 6) is 0.515. The number of piperidine rings is 2. The van der Waals surface area contributed by atoms with Crippen LogP contribution in [0.1, 0.15) is 43.2 Å². The number of hydrogen-bond acceptors (Lipinski definition) is 4. The first-order chi connectivity index (χ1) is 9.36. The van der Waals surface area contributed by atoms with Crippen LogP contribution in [0.4, 0.5) is 0 Å². The minimum absolute atomic E-state index is 0.175. The Balaban J connectivity index is 1.74. The maximum Gasteiger partial charge on any atom is 0.227 e. The van der Waals surface area contributed by atoms with E-state index in [0.717, 1.165) is 50.3 Å². The molecule has 3 rings (SSSR count). The number of nitrogens with zero attached hydrogens (tertiary/aromatic N) is 2. The molecule has 0 bridgehead atoms. The lowest BCUT2D eigenvalue weighted by molar-refractivity contribution is -0.140. The molecule has 1 amide bonds. The Bertz CT molecular complexity index is 414. The Morgan fingerprint density at radius 1 is 1.37 bits per heavy atom. The standard InChI is InChI=1S/C14H21N3OS/c18-14(11-4-3-6-15-10-11)17-8-2-1-5-12(17)13-16-7-9-19-13/h7,9,11-12,15H,1-6,8,10H2. The minimum atomic E-state index is 0.175. The highest BCUT2D eigenvalue weighted by Crippen LogP contribution is 2.33. The van der Waals surface area contributed by atoms with Gasteiger partial charge in [-0.25, -0.2) is 4.98 Å². The van der Waals surface area contributed by atoms with Crippen molar-refractivity contribution in [3.63, 3.8) is 0 Å². The maximum absolute atomic E-state index is 12.7. The molecule has 2 saturated heterocycles. The highest BCUT2D eigenvalue weighted by atomic mass is 32.1. The SMILES string of the molecule is O=C(C1CCCNC1)N1CCCCC1c1nccs1. The highest BCUT2D eigenvalue weighted by molar-refractivity contribution is 7.09. The van der Waals surface area contributed by atoms with E-state index in [9.17, 15) is 4.79 Å². The molecule has 3 heterocycles. The van der Waals surface area contributed by atoms with Crippen LogP contribution in [-0.2, 0) is 4.79 Å². The van der Waals surface area contributed by atoms with E-state index in [1.54, 1.807) is 11.3 Å². The Hall–Kier alpha value is -0.940. The smallest absolute Gasteiger partial charge is 0.227 e. The monoisotopic (exact) mass is 279 g/mol. The van der Waals surface area contributed by atoms with Gasteiger partial charge >= 0.3 is 0 Å². The van der Waals surface area contributed by atoms with Crippen LogP contribution in [0.2, 0.25) is 0 Å². The topological polar surface area (TPSA) is 45.2 Å². The zero-order chi connectivity index (χ0) is 13.1. The molecule has 0 aromatic carbocycles. The minimum Gasteiger partial charge on any atom is -0.333 e. The number of carbonyl (C=O) groups is 1. The number of likely N-dealkylation sites (tertiary alicyclic amines) is 1. The van der Waals surface area contributed by atoms with Gasteiger partial charge in [-0.3, -0.25) is 4.79 Å². The predicted octanol–water partition coefficient (Wildman–Crippen LogP) is 2.20. The van der Waals surface area contributed by atoms with Gasteiger partial charge in [0.1, 0.15) is 5.01 Å². The van der Waals surface area contributed by atoms with Crippen LogP contribution in [0.3, 0.4) is 0 Å². The number of aromatic nitrogens is 1. The second-order valence-electron chi connectivity index (χ2n) is 5.46. The quantitative estimate of drug-likeness (QED) is 0.902. The first-order valence-electron chi connectivity index (χ1n) is 7.27. The van der Waals surface area contributed by atoms with Gasteiger partial charge in [0.05, 0.1) is 12.0 Å². The van der Waals surface area contributed by atoms with Crippen molar-refractivity contribution >= 4 is 17.2 Å². The molecular weight excluding hydrogens is 258 g/mol. The van der Waals surface area contributed by atoms with Crippen molar-refractivity contribution in [2.45, 2.75) is 38.1 Å². The van der Waals surface area contributed by atoms with Crippen LogP contribution in [0.5, 0.6) is 0 Å². The lowest BCUT2D eigenvalue weighted by atomic mass is 9.94. The van der Waals surface area contributed by atoms with Crippen LogP contribution in [-0.4, -0.2) is 35.4 Å². The van der Waals surface area contributed by atoms with Gasteiger partial charge in [-0.15, -0.1) is 11.3 Å². The molecule has 0 saturated carbocycles. The van der Waals surface area contributed by atoms with E-state index in [2.05, 4.69) is 15.2 Å². The van der Waals surface area contributed by atoms with Crippen molar-refractivity contribution < 1.29 is 4.79 Å². The molecule has 1 N–H and O–H groups in total. The fourth-order valence-electron chi connectivity index (χ4n) is 3.15. The number of nitrogens with one attached hydrogen (secondary N) is 1. The van der Waals surface area contributed by atoms with Gasteiger partial charge in [-0.1, -0.05) is 0 Å². The van der Waals surface area contributed by atoms with Gasteiger partial charge < -0.3 is 10.2 Å². The number of thiazole rings is 1. The lowest BCUT2D eigenvalue weighted by Gasteiger charge is -2.37. The summed E-state index contributed by atoms with van der Waals surface area (Å²) < 4.78 is 0. The molecule has 104 valence electrons. The summed E-state index contributed by atoms with van der Waals surface area (Å²) in [4.78, 5) is 19.2. The van der Waals surface area contributed by atoms with Crippen LogP contribution < -0.4 is 5.32 Å². The number of amides is 1. The van der Waals surface area contributed by atoms with Crippen molar-refractivity contribution in [1.29, 1.82) is 0 Å². The molecule has 1 aromatic heterocycles. The largest absolute Gasteiger partial charge is 0.333 e. The molecule has 2 unspecified atom stereocenters. The Labute approximate surface area is 118 Å². The number of carbonyl (C=O) groups excluding carboxylic acids is 1. The van der Waals surface area contributed by atoms with Crippen molar-refractivity contribution in [2.24, 2.45) is 5.92 Å². The third kappa shape index (κ3) is 2.82. The molecule has 2 aliphatic heterocycles. The van der Waals surface area contributed by atoms with E-state index < -0.39 is 0 Å². The molecule has 2 fully saturated rings. The molecular formula is C14H21N3OS. The van der Waals surface area contributed by atoms with Crippen molar-refractivity contribution in [3.05, 3.63) is 16.6 Å². The fraction of sp³-hybridized carbons (Fsp3) is 0.714. The fourth-order valence-corrected chi connectivity index (χ4v) is 3.93. The van der Waals surface area contributed by atoms with Crippen LogP contribution in [0.25, 0.3) is 0 Å². The molecule has 19 heavy (non-hydrogen) atoms. The zero-order valence-corrected chi connectivity index (χ0v) is 12.0. The normalized spacial score (nSPS) is 28.3. The molecule has 0 aliphatic carbocycles. The van der Waals surface area contributed by atoms with Gasteiger partial charge in [0.25, 0.3) is 0 Å². The van der Waals surface area contributed by atoms with Crippen LogP contribution in [0, 0.1) is 5.92 Å². The van der Waals surface area contributed by atoms with Crippen molar-refractivity contribution in [3.8, 4) is 0 Å². The lowest BCUT2D eigenvalue weighted by Crippen LogP contribution is -2.46. The third-order valence-corrected chi connectivity index (χ3v) is 5.05. The summed E-state index contributed by atoms with van der Waals surface area (Å²) in [6.45, 7) is 2.80. The van der Waals surface area contributed by atoms with E-state index in [0.29, 0.717) is 5.91 Å². The molecule has 2 aliphatic rings. The van der Waals surface area contributed by atoms with E-state index in [-0.39, 0.29) is 12.0 Å². The molecule has 1 aromatic rings. The molecule has 2 atom stereocenters. The third-order valence-electron chi connectivity index (χ3n) is 4.17. The van der Waals surface area contributed by atoms with Gasteiger partial charge in [0.2, 0.25) is 5.91 Å². The van der Waals surface area contributed by atoms with Crippen molar-refractivity contribution in [1.82, 2.24) is 15.2 Å². The summed E-state index contributed by atoms with van der Waals surface area (Å²) in [5.41, 5.74) is 0. The second kappa shape index (κ2) is 6.01.